The lowest BCUT2D eigenvalue weighted by molar-refractivity contribution is -0.157. The Morgan fingerprint density at radius 1 is 1.17 bits per heavy atom. The van der Waals surface area contributed by atoms with Crippen LogP contribution in [-0.4, -0.2) is 56.2 Å². The van der Waals surface area contributed by atoms with Crippen molar-refractivity contribution < 1.29 is 19.1 Å². The monoisotopic (exact) mass is 518 g/mol. The van der Waals surface area contributed by atoms with Crippen LogP contribution in [-0.2, 0) is 26.2 Å². The SMILES string of the molecule is COc1cccc(C23CCN(C)CC2C(OC(C)=O)CC(NC(=O)Cc2ccc(Cl)c(Cl)c2)C3)c1. The van der Waals surface area contributed by atoms with Crippen LogP contribution < -0.4 is 10.1 Å². The largest absolute Gasteiger partial charge is 0.497 e. The van der Waals surface area contributed by atoms with Gasteiger partial charge in [0, 0.05) is 37.3 Å². The highest BCUT2D eigenvalue weighted by Crippen LogP contribution is 2.50. The van der Waals surface area contributed by atoms with Crippen molar-refractivity contribution in [2.75, 3.05) is 27.2 Å². The van der Waals surface area contributed by atoms with Gasteiger partial charge >= 0.3 is 5.97 Å². The van der Waals surface area contributed by atoms with Gasteiger partial charge in [0.05, 0.1) is 23.6 Å². The second kappa shape index (κ2) is 10.8. The molecule has 2 fully saturated rings. The first-order valence-electron chi connectivity index (χ1n) is 11.9. The number of amides is 1. The Bertz CT molecular complexity index is 1090. The predicted octanol–water partition coefficient (Wildman–Crippen LogP) is 4.64. The number of benzene rings is 2. The van der Waals surface area contributed by atoms with E-state index in [0.29, 0.717) is 16.5 Å². The van der Waals surface area contributed by atoms with E-state index < -0.39 is 0 Å². The zero-order chi connectivity index (χ0) is 25.2. The number of nitrogens with zero attached hydrogens (tertiary/aromatic N) is 1. The zero-order valence-corrected chi connectivity index (χ0v) is 21.9. The Morgan fingerprint density at radius 2 is 1.97 bits per heavy atom. The summed E-state index contributed by atoms with van der Waals surface area (Å²) in [6.07, 6.45) is 2.15. The van der Waals surface area contributed by atoms with E-state index in [-0.39, 0.29) is 41.8 Å². The van der Waals surface area contributed by atoms with Crippen molar-refractivity contribution in [2.24, 2.45) is 5.92 Å². The molecule has 35 heavy (non-hydrogen) atoms. The van der Waals surface area contributed by atoms with E-state index in [1.54, 1.807) is 25.3 Å². The van der Waals surface area contributed by atoms with Crippen molar-refractivity contribution in [1.82, 2.24) is 10.2 Å². The highest BCUT2D eigenvalue weighted by atomic mass is 35.5. The number of esters is 1. The summed E-state index contributed by atoms with van der Waals surface area (Å²) in [5.74, 6) is 0.512. The van der Waals surface area contributed by atoms with E-state index in [0.717, 1.165) is 42.8 Å². The molecular formula is C27H32Cl2N2O4. The number of hydrogen-bond acceptors (Lipinski definition) is 5. The number of methoxy groups -OCH3 is 1. The minimum Gasteiger partial charge on any atom is -0.497 e. The van der Waals surface area contributed by atoms with Crippen LogP contribution in [0.1, 0.15) is 37.3 Å². The normalized spacial score (nSPS) is 26.5. The number of rotatable bonds is 6. The number of piperidine rings is 1. The highest BCUT2D eigenvalue weighted by molar-refractivity contribution is 6.42. The summed E-state index contributed by atoms with van der Waals surface area (Å²) in [7, 11) is 3.77. The van der Waals surface area contributed by atoms with Gasteiger partial charge in [-0.3, -0.25) is 9.59 Å². The minimum atomic E-state index is -0.300. The third kappa shape index (κ3) is 5.76. The minimum absolute atomic E-state index is 0.0952. The fourth-order valence-electron chi connectivity index (χ4n) is 5.85. The molecule has 4 atom stereocenters. The molecule has 1 aliphatic heterocycles. The van der Waals surface area contributed by atoms with E-state index in [4.69, 9.17) is 32.7 Å². The van der Waals surface area contributed by atoms with Gasteiger partial charge in [-0.25, -0.2) is 0 Å². The summed E-state index contributed by atoms with van der Waals surface area (Å²) in [5.41, 5.74) is 1.71. The first-order chi connectivity index (χ1) is 16.7. The number of ether oxygens (including phenoxy) is 2. The van der Waals surface area contributed by atoms with Crippen molar-refractivity contribution >= 4 is 35.1 Å². The van der Waals surface area contributed by atoms with Crippen LogP contribution in [0, 0.1) is 5.92 Å². The van der Waals surface area contributed by atoms with Gasteiger partial charge in [-0.1, -0.05) is 41.4 Å². The van der Waals surface area contributed by atoms with Crippen molar-refractivity contribution in [3.8, 4) is 5.75 Å². The molecule has 0 aromatic heterocycles. The number of halogens is 2. The standard InChI is InChI=1S/C27H32Cl2N2O4/c1-17(32)35-25-14-20(30-26(33)12-18-7-8-23(28)24(29)11-18)15-27(9-10-31(2)16-22(25)27)19-5-4-6-21(13-19)34-3/h4-8,11,13,20,22,25H,9-10,12,14-16H2,1-3H3,(H,30,33). The first-order valence-corrected chi connectivity index (χ1v) is 12.7. The third-order valence-corrected chi connectivity index (χ3v) is 8.15. The van der Waals surface area contributed by atoms with Gasteiger partial charge < -0.3 is 19.7 Å². The van der Waals surface area contributed by atoms with Crippen molar-refractivity contribution in [1.29, 1.82) is 0 Å². The summed E-state index contributed by atoms with van der Waals surface area (Å²) < 4.78 is 11.4. The summed E-state index contributed by atoms with van der Waals surface area (Å²) in [5, 5.41) is 4.11. The molecule has 0 radical (unpaired) electrons. The quantitative estimate of drug-likeness (QED) is 0.564. The Labute approximate surface area is 216 Å². The molecule has 1 saturated heterocycles. The topological polar surface area (TPSA) is 67.9 Å². The number of fused-ring (bicyclic) bond motifs is 1. The second-order valence-electron chi connectivity index (χ2n) is 9.78. The maximum atomic E-state index is 13.0. The summed E-state index contributed by atoms with van der Waals surface area (Å²) in [6.45, 7) is 3.19. The number of carbonyl (C=O) groups is 2. The fourth-order valence-corrected chi connectivity index (χ4v) is 6.17. The van der Waals surface area contributed by atoms with Gasteiger partial charge in [0.2, 0.25) is 5.91 Å². The molecule has 4 rings (SSSR count). The molecule has 8 heteroatoms. The number of nitrogens with one attached hydrogen (secondary N) is 1. The maximum absolute atomic E-state index is 13.0. The number of carbonyl (C=O) groups excluding carboxylic acids is 2. The molecule has 1 amide bonds. The Kier molecular flexibility index (Phi) is 7.94. The molecule has 2 aromatic rings. The molecule has 1 aliphatic carbocycles. The molecule has 2 aliphatic rings. The maximum Gasteiger partial charge on any atom is 0.302 e. The average Bonchev–Trinajstić information content (AvgIpc) is 2.81. The van der Waals surface area contributed by atoms with Crippen molar-refractivity contribution in [3.05, 3.63) is 63.6 Å². The predicted molar refractivity (Wildman–Crippen MR) is 137 cm³/mol. The van der Waals surface area contributed by atoms with Crippen LogP contribution in [0.15, 0.2) is 42.5 Å². The molecule has 0 bridgehead atoms. The molecule has 1 N–H and O–H groups in total. The van der Waals surface area contributed by atoms with Crippen molar-refractivity contribution in [3.63, 3.8) is 0 Å². The summed E-state index contributed by atoms with van der Waals surface area (Å²) in [6, 6.07) is 13.2. The lowest BCUT2D eigenvalue weighted by Gasteiger charge is -2.55. The second-order valence-corrected chi connectivity index (χ2v) is 10.6. The molecule has 6 nitrogen and oxygen atoms in total. The van der Waals surface area contributed by atoms with E-state index in [1.165, 1.54) is 6.92 Å². The molecule has 4 unspecified atom stereocenters. The number of hydrogen-bond donors (Lipinski definition) is 1. The van der Waals surface area contributed by atoms with Gasteiger partial charge in [-0.15, -0.1) is 0 Å². The molecule has 188 valence electrons. The Balaban J connectivity index is 1.63. The molecule has 0 spiro atoms. The first kappa shape index (κ1) is 25.8. The Hall–Kier alpha value is -2.28. The summed E-state index contributed by atoms with van der Waals surface area (Å²) >= 11 is 12.1. The molecule has 2 aromatic carbocycles. The van der Waals surface area contributed by atoms with E-state index in [2.05, 4.69) is 29.4 Å². The van der Waals surface area contributed by atoms with Crippen LogP contribution in [0.2, 0.25) is 10.0 Å². The van der Waals surface area contributed by atoms with Crippen molar-refractivity contribution in [2.45, 2.75) is 50.2 Å². The summed E-state index contributed by atoms with van der Waals surface area (Å²) in [4.78, 5) is 27.4. The molecule has 1 heterocycles. The lowest BCUT2D eigenvalue weighted by Crippen LogP contribution is -2.61. The Morgan fingerprint density at radius 3 is 2.69 bits per heavy atom. The fraction of sp³-hybridized carbons (Fsp3) is 0.481. The van der Waals surface area contributed by atoms with Crippen LogP contribution in [0.4, 0.5) is 0 Å². The van der Waals surface area contributed by atoms with E-state index in [1.807, 2.05) is 12.1 Å². The van der Waals surface area contributed by atoms with Gasteiger partial charge in [-0.2, -0.15) is 0 Å². The number of likely N-dealkylation sites (tertiary alicyclic amines) is 1. The molecule has 1 saturated carbocycles. The van der Waals surface area contributed by atoms with Gasteiger partial charge in [0.15, 0.2) is 0 Å². The smallest absolute Gasteiger partial charge is 0.302 e. The van der Waals surface area contributed by atoms with Crippen LogP contribution in [0.3, 0.4) is 0 Å². The van der Waals surface area contributed by atoms with Gasteiger partial charge in [0.25, 0.3) is 0 Å². The third-order valence-electron chi connectivity index (χ3n) is 7.41. The van der Waals surface area contributed by atoms with Gasteiger partial charge in [-0.05, 0) is 61.8 Å². The van der Waals surface area contributed by atoms with Gasteiger partial charge in [0.1, 0.15) is 11.9 Å². The lowest BCUT2D eigenvalue weighted by atomic mass is 9.57. The van der Waals surface area contributed by atoms with Crippen LogP contribution in [0.25, 0.3) is 0 Å². The molecular weight excluding hydrogens is 487 g/mol. The van der Waals surface area contributed by atoms with Crippen LogP contribution >= 0.6 is 23.2 Å². The highest BCUT2D eigenvalue weighted by Gasteiger charge is 2.53. The van der Waals surface area contributed by atoms with E-state index >= 15 is 0 Å². The average molecular weight is 519 g/mol. The van der Waals surface area contributed by atoms with Crippen LogP contribution in [0.5, 0.6) is 5.75 Å². The van der Waals surface area contributed by atoms with E-state index in [9.17, 15) is 9.59 Å². The zero-order valence-electron chi connectivity index (χ0n) is 20.4.